The highest BCUT2D eigenvalue weighted by molar-refractivity contribution is 6.30. The first-order valence-electron chi connectivity index (χ1n) is 8.33. The summed E-state index contributed by atoms with van der Waals surface area (Å²) < 4.78 is 6.42. The van der Waals surface area contributed by atoms with Crippen LogP contribution in [-0.2, 0) is 11.2 Å². The molecule has 21 heavy (non-hydrogen) atoms. The summed E-state index contributed by atoms with van der Waals surface area (Å²) in [6.07, 6.45) is 11.3. The Morgan fingerprint density at radius 3 is 2.57 bits per heavy atom. The Morgan fingerprint density at radius 1 is 1.14 bits per heavy atom. The predicted octanol–water partition coefficient (Wildman–Crippen LogP) is 4.48. The van der Waals surface area contributed by atoms with Crippen LogP contribution in [0, 0.1) is 0 Å². The maximum atomic E-state index is 6.42. The van der Waals surface area contributed by atoms with E-state index in [0.29, 0.717) is 6.10 Å². The van der Waals surface area contributed by atoms with Crippen molar-refractivity contribution in [1.82, 2.24) is 0 Å². The summed E-state index contributed by atoms with van der Waals surface area (Å²) in [5.74, 6) is 0. The van der Waals surface area contributed by atoms with Crippen LogP contribution in [0.3, 0.4) is 0 Å². The number of ether oxygens (including phenoxy) is 1. The van der Waals surface area contributed by atoms with Crippen molar-refractivity contribution in [3.8, 4) is 0 Å². The molecule has 2 aliphatic rings. The van der Waals surface area contributed by atoms with Crippen LogP contribution in [0.4, 0.5) is 0 Å². The second-order valence-electron chi connectivity index (χ2n) is 6.85. The van der Waals surface area contributed by atoms with Crippen molar-refractivity contribution in [3.05, 3.63) is 34.9 Å². The van der Waals surface area contributed by atoms with Gasteiger partial charge in [-0.25, -0.2) is 0 Å². The van der Waals surface area contributed by atoms with E-state index < -0.39 is 0 Å². The van der Waals surface area contributed by atoms with Crippen LogP contribution in [0.1, 0.15) is 56.9 Å². The van der Waals surface area contributed by atoms with Gasteiger partial charge in [-0.05, 0) is 56.2 Å². The normalized spacial score (nSPS) is 26.1. The van der Waals surface area contributed by atoms with Crippen LogP contribution in [0.2, 0.25) is 5.02 Å². The number of hydrogen-bond acceptors (Lipinski definition) is 2. The van der Waals surface area contributed by atoms with Crippen molar-refractivity contribution in [1.29, 1.82) is 0 Å². The molecule has 2 atom stereocenters. The predicted molar refractivity (Wildman–Crippen MR) is 87.7 cm³/mol. The molecule has 1 aromatic carbocycles. The van der Waals surface area contributed by atoms with Gasteiger partial charge in [0.2, 0.25) is 0 Å². The van der Waals surface area contributed by atoms with Crippen LogP contribution >= 0.6 is 11.6 Å². The van der Waals surface area contributed by atoms with Crippen LogP contribution in [0.25, 0.3) is 0 Å². The molecule has 1 saturated heterocycles. The van der Waals surface area contributed by atoms with Crippen molar-refractivity contribution in [2.24, 2.45) is 5.73 Å². The summed E-state index contributed by atoms with van der Waals surface area (Å²) in [4.78, 5) is 0. The third kappa shape index (κ3) is 4.00. The lowest BCUT2D eigenvalue weighted by Crippen LogP contribution is -2.34. The lowest BCUT2D eigenvalue weighted by molar-refractivity contribution is -0.0670. The first-order chi connectivity index (χ1) is 10.2. The first-order valence-corrected chi connectivity index (χ1v) is 8.71. The summed E-state index contributed by atoms with van der Waals surface area (Å²) in [7, 11) is 0. The van der Waals surface area contributed by atoms with E-state index in [2.05, 4.69) is 12.1 Å². The molecule has 1 saturated carbocycles. The molecule has 2 N–H and O–H groups in total. The summed E-state index contributed by atoms with van der Waals surface area (Å²) >= 11 is 5.92. The molecule has 3 rings (SSSR count). The minimum atomic E-state index is 0.176. The average Bonchev–Trinajstić information content (AvgIpc) is 2.84. The van der Waals surface area contributed by atoms with Crippen molar-refractivity contribution in [2.75, 3.05) is 0 Å². The molecule has 0 aromatic heterocycles. The standard InChI is InChI=1S/C18H26ClNO/c19-15-6-4-14(5-7-15)12-16(20)13-17-8-11-18(21-17)9-2-1-3-10-18/h4-7,16-17H,1-3,8-13,20H2. The smallest absolute Gasteiger partial charge is 0.0687 e. The molecule has 3 heteroatoms. The number of benzene rings is 1. The fourth-order valence-corrected chi connectivity index (χ4v) is 4.10. The summed E-state index contributed by atoms with van der Waals surface area (Å²) in [5, 5.41) is 0.783. The molecule has 0 amide bonds. The molecule has 1 aliphatic carbocycles. The van der Waals surface area contributed by atoms with Gasteiger partial charge in [-0.15, -0.1) is 0 Å². The molecule has 116 valence electrons. The summed E-state index contributed by atoms with van der Waals surface area (Å²) in [5.41, 5.74) is 7.80. The van der Waals surface area contributed by atoms with E-state index in [4.69, 9.17) is 22.1 Å². The Morgan fingerprint density at radius 2 is 1.86 bits per heavy atom. The molecular formula is C18H26ClNO. The van der Waals surface area contributed by atoms with Crippen LogP contribution in [-0.4, -0.2) is 17.7 Å². The van der Waals surface area contributed by atoms with Crippen molar-refractivity contribution >= 4 is 11.6 Å². The summed E-state index contributed by atoms with van der Waals surface area (Å²) in [6, 6.07) is 8.19. The van der Waals surface area contributed by atoms with Gasteiger partial charge in [0.1, 0.15) is 0 Å². The minimum absolute atomic E-state index is 0.176. The van der Waals surface area contributed by atoms with E-state index in [9.17, 15) is 0 Å². The first kappa shape index (κ1) is 15.3. The molecule has 0 radical (unpaired) electrons. The Bertz CT molecular complexity index is 453. The molecule has 2 unspecified atom stereocenters. The SMILES string of the molecule is NC(Cc1ccc(Cl)cc1)CC1CCC2(CCCCC2)O1. The van der Waals surface area contributed by atoms with E-state index >= 15 is 0 Å². The Labute approximate surface area is 133 Å². The monoisotopic (exact) mass is 307 g/mol. The Kier molecular flexibility index (Phi) is 4.88. The second-order valence-corrected chi connectivity index (χ2v) is 7.29. The van der Waals surface area contributed by atoms with E-state index in [1.54, 1.807) is 0 Å². The molecule has 2 fully saturated rings. The fraction of sp³-hybridized carbons (Fsp3) is 0.667. The lowest BCUT2D eigenvalue weighted by atomic mass is 9.83. The largest absolute Gasteiger partial charge is 0.372 e. The summed E-state index contributed by atoms with van der Waals surface area (Å²) in [6.45, 7) is 0. The van der Waals surface area contributed by atoms with E-state index in [-0.39, 0.29) is 11.6 Å². The highest BCUT2D eigenvalue weighted by Crippen LogP contribution is 2.42. The third-order valence-electron chi connectivity index (χ3n) is 5.08. The van der Waals surface area contributed by atoms with Gasteiger partial charge in [0.15, 0.2) is 0 Å². The van der Waals surface area contributed by atoms with Gasteiger partial charge in [0.05, 0.1) is 11.7 Å². The van der Waals surface area contributed by atoms with Gasteiger partial charge in [-0.1, -0.05) is 43.0 Å². The Balaban J connectivity index is 1.49. The third-order valence-corrected chi connectivity index (χ3v) is 5.33. The van der Waals surface area contributed by atoms with Crippen molar-refractivity contribution in [3.63, 3.8) is 0 Å². The molecule has 1 spiro atoms. The van der Waals surface area contributed by atoms with E-state index in [0.717, 1.165) is 17.9 Å². The van der Waals surface area contributed by atoms with Gasteiger partial charge in [0, 0.05) is 11.1 Å². The molecule has 2 nitrogen and oxygen atoms in total. The van der Waals surface area contributed by atoms with Gasteiger partial charge in [0.25, 0.3) is 0 Å². The van der Waals surface area contributed by atoms with Crippen molar-refractivity contribution in [2.45, 2.75) is 75.5 Å². The number of rotatable bonds is 4. The maximum Gasteiger partial charge on any atom is 0.0687 e. The zero-order valence-corrected chi connectivity index (χ0v) is 13.4. The number of halogens is 1. The average molecular weight is 308 g/mol. The highest BCUT2D eigenvalue weighted by Gasteiger charge is 2.40. The quantitative estimate of drug-likeness (QED) is 0.890. The Hall–Kier alpha value is -0.570. The second kappa shape index (κ2) is 6.68. The molecule has 1 heterocycles. The minimum Gasteiger partial charge on any atom is -0.372 e. The molecule has 1 aliphatic heterocycles. The van der Waals surface area contributed by atoms with Crippen LogP contribution < -0.4 is 5.73 Å². The molecular weight excluding hydrogens is 282 g/mol. The van der Waals surface area contributed by atoms with Gasteiger partial charge in [-0.2, -0.15) is 0 Å². The number of nitrogens with two attached hydrogens (primary N) is 1. The highest BCUT2D eigenvalue weighted by atomic mass is 35.5. The van der Waals surface area contributed by atoms with Crippen LogP contribution in [0.5, 0.6) is 0 Å². The fourth-order valence-electron chi connectivity index (χ4n) is 3.97. The van der Waals surface area contributed by atoms with E-state index in [1.807, 2.05) is 12.1 Å². The van der Waals surface area contributed by atoms with Gasteiger partial charge >= 0.3 is 0 Å². The maximum absolute atomic E-state index is 6.42. The topological polar surface area (TPSA) is 35.2 Å². The molecule has 0 bridgehead atoms. The zero-order chi connectivity index (χ0) is 14.7. The van der Waals surface area contributed by atoms with Gasteiger partial charge < -0.3 is 10.5 Å². The number of hydrogen-bond donors (Lipinski definition) is 1. The lowest BCUT2D eigenvalue weighted by Gasteiger charge is -2.33. The van der Waals surface area contributed by atoms with Crippen LogP contribution in [0.15, 0.2) is 24.3 Å². The van der Waals surface area contributed by atoms with Gasteiger partial charge in [-0.3, -0.25) is 0 Å². The van der Waals surface area contributed by atoms with Crippen molar-refractivity contribution < 1.29 is 4.74 Å². The van der Waals surface area contributed by atoms with E-state index in [1.165, 1.54) is 50.5 Å². The zero-order valence-electron chi connectivity index (χ0n) is 12.7. The molecule has 1 aromatic rings.